The van der Waals surface area contributed by atoms with Crippen molar-refractivity contribution in [1.29, 1.82) is 0 Å². The lowest BCUT2D eigenvalue weighted by Crippen LogP contribution is -1.96. The Kier molecular flexibility index (Phi) is 2.91. The van der Waals surface area contributed by atoms with Crippen LogP contribution in [-0.4, -0.2) is 5.11 Å². The molecule has 1 aromatic carbocycles. The van der Waals surface area contributed by atoms with E-state index in [1.807, 2.05) is 25.1 Å². The summed E-state index contributed by atoms with van der Waals surface area (Å²) >= 11 is 3.31. The van der Waals surface area contributed by atoms with Crippen LogP contribution in [0.5, 0.6) is 0 Å². The Labute approximate surface area is 80.6 Å². The van der Waals surface area contributed by atoms with Crippen LogP contribution in [0.15, 0.2) is 22.7 Å². The normalized spacial score (nSPS) is 12.2. The van der Waals surface area contributed by atoms with Crippen LogP contribution >= 0.6 is 15.9 Å². The molecule has 1 N–H and O–H groups in total. The summed E-state index contributed by atoms with van der Waals surface area (Å²) in [5.41, 5.74) is 1.79. The number of benzene rings is 1. The molecule has 0 heterocycles. The molecule has 0 fully saturated rings. The second-order valence-corrected chi connectivity index (χ2v) is 3.49. The van der Waals surface area contributed by atoms with E-state index in [4.69, 9.17) is 6.42 Å². The zero-order valence-electron chi connectivity index (χ0n) is 6.71. The molecule has 12 heavy (non-hydrogen) atoms. The number of aryl methyl sites for hydroxylation is 1. The van der Waals surface area contributed by atoms with E-state index in [1.54, 1.807) is 0 Å². The van der Waals surface area contributed by atoms with Crippen LogP contribution in [0.4, 0.5) is 0 Å². The molecule has 1 rings (SSSR count). The van der Waals surface area contributed by atoms with E-state index >= 15 is 0 Å². The standard InChI is InChI=1S/C10H9BrO/c1-3-10(12)9-6-8(11)5-4-7(9)2/h1,4-6,10,12H,2H3. The first kappa shape index (κ1) is 9.31. The van der Waals surface area contributed by atoms with Crippen LogP contribution in [-0.2, 0) is 0 Å². The van der Waals surface area contributed by atoms with Crippen molar-refractivity contribution in [2.75, 3.05) is 0 Å². The number of halogens is 1. The van der Waals surface area contributed by atoms with Gasteiger partial charge in [-0.05, 0) is 30.2 Å². The van der Waals surface area contributed by atoms with Gasteiger partial charge in [-0.15, -0.1) is 6.42 Å². The average molecular weight is 225 g/mol. The molecule has 62 valence electrons. The molecule has 0 radical (unpaired) electrons. The highest BCUT2D eigenvalue weighted by molar-refractivity contribution is 9.10. The molecule has 1 atom stereocenters. The van der Waals surface area contributed by atoms with Gasteiger partial charge in [0, 0.05) is 4.47 Å². The van der Waals surface area contributed by atoms with Gasteiger partial charge in [0.15, 0.2) is 0 Å². The van der Waals surface area contributed by atoms with Gasteiger partial charge in [-0.1, -0.05) is 27.9 Å². The molecule has 0 aliphatic rings. The quantitative estimate of drug-likeness (QED) is 0.727. The highest BCUT2D eigenvalue weighted by Gasteiger charge is 2.06. The summed E-state index contributed by atoms with van der Waals surface area (Å²) in [7, 11) is 0. The fourth-order valence-corrected chi connectivity index (χ4v) is 1.37. The van der Waals surface area contributed by atoms with Crippen LogP contribution in [0.25, 0.3) is 0 Å². The highest BCUT2D eigenvalue weighted by Crippen LogP contribution is 2.21. The third-order valence-electron chi connectivity index (χ3n) is 1.69. The summed E-state index contributed by atoms with van der Waals surface area (Å²) in [4.78, 5) is 0. The van der Waals surface area contributed by atoms with Crippen LogP contribution in [0.1, 0.15) is 17.2 Å². The molecule has 0 spiro atoms. The Morgan fingerprint density at radius 1 is 1.58 bits per heavy atom. The molecule has 0 amide bonds. The van der Waals surface area contributed by atoms with Crippen molar-refractivity contribution in [2.24, 2.45) is 0 Å². The molecular formula is C10H9BrO. The fraction of sp³-hybridized carbons (Fsp3) is 0.200. The minimum Gasteiger partial charge on any atom is -0.376 e. The Morgan fingerprint density at radius 3 is 2.83 bits per heavy atom. The smallest absolute Gasteiger partial charge is 0.140 e. The molecular weight excluding hydrogens is 216 g/mol. The van der Waals surface area contributed by atoms with Crippen molar-refractivity contribution in [1.82, 2.24) is 0 Å². The van der Waals surface area contributed by atoms with Crippen LogP contribution in [0, 0.1) is 19.3 Å². The number of aliphatic hydroxyl groups excluding tert-OH is 1. The van der Waals surface area contributed by atoms with E-state index in [-0.39, 0.29) is 0 Å². The third kappa shape index (κ3) is 1.88. The molecule has 0 saturated heterocycles. The second kappa shape index (κ2) is 3.75. The summed E-state index contributed by atoms with van der Waals surface area (Å²) in [6.45, 7) is 1.92. The Hall–Kier alpha value is -0.780. The minimum absolute atomic E-state index is 0.784. The average Bonchev–Trinajstić information content (AvgIpc) is 2.08. The zero-order chi connectivity index (χ0) is 9.14. The lowest BCUT2D eigenvalue weighted by molar-refractivity contribution is 0.238. The SMILES string of the molecule is C#CC(O)c1cc(Br)ccc1C. The first-order valence-corrected chi connectivity index (χ1v) is 4.34. The van der Waals surface area contributed by atoms with Gasteiger partial charge in [-0.3, -0.25) is 0 Å². The van der Waals surface area contributed by atoms with E-state index in [0.29, 0.717) is 0 Å². The van der Waals surface area contributed by atoms with Gasteiger partial charge in [-0.2, -0.15) is 0 Å². The van der Waals surface area contributed by atoms with E-state index in [1.165, 1.54) is 0 Å². The van der Waals surface area contributed by atoms with Crippen LogP contribution in [0.2, 0.25) is 0 Å². The van der Waals surface area contributed by atoms with Gasteiger partial charge in [-0.25, -0.2) is 0 Å². The maximum absolute atomic E-state index is 9.38. The first-order chi connectivity index (χ1) is 5.65. The van der Waals surface area contributed by atoms with Gasteiger partial charge in [0.25, 0.3) is 0 Å². The van der Waals surface area contributed by atoms with Crippen LogP contribution < -0.4 is 0 Å². The van der Waals surface area contributed by atoms with Gasteiger partial charge < -0.3 is 5.11 Å². The van der Waals surface area contributed by atoms with Crippen molar-refractivity contribution >= 4 is 15.9 Å². The number of rotatable bonds is 1. The topological polar surface area (TPSA) is 20.2 Å². The molecule has 0 bridgehead atoms. The molecule has 0 saturated carbocycles. The van der Waals surface area contributed by atoms with Gasteiger partial charge in [0.1, 0.15) is 6.10 Å². The molecule has 0 aliphatic carbocycles. The summed E-state index contributed by atoms with van der Waals surface area (Å²) in [6, 6.07) is 5.67. The summed E-state index contributed by atoms with van der Waals surface area (Å²) < 4.78 is 0.928. The Balaban J connectivity index is 3.15. The van der Waals surface area contributed by atoms with E-state index in [9.17, 15) is 5.11 Å². The first-order valence-electron chi connectivity index (χ1n) is 3.55. The predicted octanol–water partition coefficient (Wildman–Crippen LogP) is 2.42. The fourth-order valence-electron chi connectivity index (χ4n) is 0.996. The Morgan fingerprint density at radius 2 is 2.25 bits per heavy atom. The number of aliphatic hydroxyl groups is 1. The monoisotopic (exact) mass is 224 g/mol. The largest absolute Gasteiger partial charge is 0.376 e. The Bertz CT molecular complexity index is 325. The second-order valence-electron chi connectivity index (χ2n) is 2.57. The predicted molar refractivity (Wildman–Crippen MR) is 52.7 cm³/mol. The molecule has 1 unspecified atom stereocenters. The van der Waals surface area contributed by atoms with E-state index in [2.05, 4.69) is 21.9 Å². The summed E-state index contributed by atoms with van der Waals surface area (Å²) in [5, 5.41) is 9.38. The lowest BCUT2D eigenvalue weighted by atomic mass is 10.0. The van der Waals surface area contributed by atoms with Gasteiger partial charge >= 0.3 is 0 Å². The minimum atomic E-state index is -0.803. The molecule has 2 heteroatoms. The lowest BCUT2D eigenvalue weighted by Gasteiger charge is -2.07. The van der Waals surface area contributed by atoms with Crippen LogP contribution in [0.3, 0.4) is 0 Å². The zero-order valence-corrected chi connectivity index (χ0v) is 8.30. The van der Waals surface area contributed by atoms with Crippen molar-refractivity contribution in [3.05, 3.63) is 33.8 Å². The van der Waals surface area contributed by atoms with E-state index in [0.717, 1.165) is 15.6 Å². The molecule has 1 aromatic rings. The maximum atomic E-state index is 9.38. The third-order valence-corrected chi connectivity index (χ3v) is 2.19. The van der Waals surface area contributed by atoms with Crippen molar-refractivity contribution < 1.29 is 5.11 Å². The van der Waals surface area contributed by atoms with Crippen molar-refractivity contribution in [2.45, 2.75) is 13.0 Å². The number of hydrogen-bond acceptors (Lipinski definition) is 1. The molecule has 0 aromatic heterocycles. The van der Waals surface area contributed by atoms with Crippen molar-refractivity contribution in [3.63, 3.8) is 0 Å². The van der Waals surface area contributed by atoms with E-state index < -0.39 is 6.10 Å². The number of terminal acetylenes is 1. The van der Waals surface area contributed by atoms with Gasteiger partial charge in [0.05, 0.1) is 0 Å². The maximum Gasteiger partial charge on any atom is 0.140 e. The molecule has 1 nitrogen and oxygen atoms in total. The molecule has 0 aliphatic heterocycles. The van der Waals surface area contributed by atoms with Gasteiger partial charge in [0.2, 0.25) is 0 Å². The van der Waals surface area contributed by atoms with Crippen molar-refractivity contribution in [3.8, 4) is 12.3 Å². The highest BCUT2D eigenvalue weighted by atomic mass is 79.9. The number of hydrogen-bond donors (Lipinski definition) is 1. The summed E-state index contributed by atoms with van der Waals surface area (Å²) in [5.74, 6) is 2.28. The summed E-state index contributed by atoms with van der Waals surface area (Å²) in [6.07, 6.45) is 4.30.